The molecule has 3 aromatic rings. The van der Waals surface area contributed by atoms with Gasteiger partial charge in [-0.1, -0.05) is 53.4 Å². The third kappa shape index (κ3) is 4.86. The van der Waals surface area contributed by atoms with E-state index in [1.807, 2.05) is 36.4 Å². The maximum atomic E-state index is 6.01. The first-order valence-corrected chi connectivity index (χ1v) is 9.07. The van der Waals surface area contributed by atoms with Crippen LogP contribution in [-0.4, -0.2) is 20.2 Å². The van der Waals surface area contributed by atoms with E-state index in [-0.39, 0.29) is 0 Å². The lowest BCUT2D eigenvalue weighted by Gasteiger charge is -2.09. The van der Waals surface area contributed by atoms with Crippen molar-refractivity contribution >= 4 is 29.2 Å². The SMILES string of the molecule is CCCn1nnnc1NCc1ccc(OCc2ccc(Cl)c(Cl)c2)cc1. The van der Waals surface area contributed by atoms with Crippen molar-refractivity contribution in [3.05, 3.63) is 63.6 Å². The van der Waals surface area contributed by atoms with Crippen molar-refractivity contribution in [2.45, 2.75) is 33.0 Å². The molecule has 1 aromatic heterocycles. The van der Waals surface area contributed by atoms with Crippen molar-refractivity contribution in [1.29, 1.82) is 0 Å². The molecule has 2 aromatic carbocycles. The molecule has 6 nitrogen and oxygen atoms in total. The summed E-state index contributed by atoms with van der Waals surface area (Å²) in [4.78, 5) is 0. The van der Waals surface area contributed by atoms with Crippen molar-refractivity contribution in [2.75, 3.05) is 5.32 Å². The number of rotatable bonds is 8. The topological polar surface area (TPSA) is 64.9 Å². The van der Waals surface area contributed by atoms with Gasteiger partial charge in [0.1, 0.15) is 12.4 Å². The number of anilines is 1. The Balaban J connectivity index is 1.53. The number of hydrogen-bond donors (Lipinski definition) is 1. The van der Waals surface area contributed by atoms with Gasteiger partial charge in [-0.25, -0.2) is 4.68 Å². The fraction of sp³-hybridized carbons (Fsp3) is 0.278. The highest BCUT2D eigenvalue weighted by Crippen LogP contribution is 2.23. The van der Waals surface area contributed by atoms with Crippen molar-refractivity contribution in [3.8, 4) is 5.75 Å². The van der Waals surface area contributed by atoms with Crippen LogP contribution in [0.5, 0.6) is 5.75 Å². The van der Waals surface area contributed by atoms with Gasteiger partial charge >= 0.3 is 0 Å². The Bertz CT molecular complexity index is 851. The fourth-order valence-corrected chi connectivity index (χ4v) is 2.70. The number of benzene rings is 2. The number of halogens is 2. The van der Waals surface area contributed by atoms with E-state index in [9.17, 15) is 0 Å². The van der Waals surface area contributed by atoms with Gasteiger partial charge in [0.15, 0.2) is 0 Å². The molecule has 1 heterocycles. The Kier molecular flexibility index (Phi) is 6.30. The van der Waals surface area contributed by atoms with E-state index >= 15 is 0 Å². The first-order valence-electron chi connectivity index (χ1n) is 8.31. The molecule has 0 aliphatic heterocycles. The molecule has 0 fully saturated rings. The summed E-state index contributed by atoms with van der Waals surface area (Å²) in [6.45, 7) is 3.94. The minimum Gasteiger partial charge on any atom is -0.489 e. The maximum absolute atomic E-state index is 6.01. The number of ether oxygens (including phenoxy) is 1. The van der Waals surface area contributed by atoms with E-state index in [1.54, 1.807) is 10.7 Å². The second-order valence-corrected chi connectivity index (χ2v) is 6.57. The number of aryl methyl sites for hydroxylation is 1. The molecule has 0 saturated carbocycles. The van der Waals surface area contributed by atoms with Crippen LogP contribution in [-0.2, 0) is 19.7 Å². The van der Waals surface area contributed by atoms with Crippen LogP contribution in [0, 0.1) is 0 Å². The predicted octanol–water partition coefficient (Wildman–Crippen LogP) is 4.58. The van der Waals surface area contributed by atoms with Gasteiger partial charge in [0.2, 0.25) is 5.95 Å². The normalized spacial score (nSPS) is 10.7. The summed E-state index contributed by atoms with van der Waals surface area (Å²) in [6, 6.07) is 13.3. The van der Waals surface area contributed by atoms with Gasteiger partial charge in [-0.15, -0.1) is 0 Å². The summed E-state index contributed by atoms with van der Waals surface area (Å²) in [7, 11) is 0. The molecule has 136 valence electrons. The number of aromatic nitrogens is 4. The van der Waals surface area contributed by atoms with Crippen LogP contribution < -0.4 is 10.1 Å². The molecule has 0 amide bonds. The summed E-state index contributed by atoms with van der Waals surface area (Å²) in [5, 5.41) is 15.9. The smallest absolute Gasteiger partial charge is 0.243 e. The number of tetrazole rings is 1. The highest BCUT2D eigenvalue weighted by atomic mass is 35.5. The van der Waals surface area contributed by atoms with Crippen LogP contribution in [0.2, 0.25) is 10.0 Å². The number of nitrogens with zero attached hydrogens (tertiary/aromatic N) is 4. The van der Waals surface area contributed by atoms with Crippen LogP contribution >= 0.6 is 23.2 Å². The monoisotopic (exact) mass is 391 g/mol. The molecular weight excluding hydrogens is 373 g/mol. The van der Waals surface area contributed by atoms with Crippen LogP contribution in [0.25, 0.3) is 0 Å². The first-order chi connectivity index (χ1) is 12.7. The molecule has 0 atom stereocenters. The van der Waals surface area contributed by atoms with Gasteiger partial charge in [0, 0.05) is 13.1 Å². The van der Waals surface area contributed by atoms with Gasteiger partial charge in [0.25, 0.3) is 0 Å². The lowest BCUT2D eigenvalue weighted by atomic mass is 10.2. The Hall–Kier alpha value is -2.31. The Morgan fingerprint density at radius 3 is 2.54 bits per heavy atom. The summed E-state index contributed by atoms with van der Waals surface area (Å²) < 4.78 is 7.54. The second-order valence-electron chi connectivity index (χ2n) is 5.76. The first kappa shape index (κ1) is 18.5. The van der Waals surface area contributed by atoms with E-state index in [1.165, 1.54) is 0 Å². The number of nitrogens with one attached hydrogen (secondary N) is 1. The van der Waals surface area contributed by atoms with Gasteiger partial charge in [-0.3, -0.25) is 0 Å². The van der Waals surface area contributed by atoms with Crippen molar-refractivity contribution in [3.63, 3.8) is 0 Å². The third-order valence-electron chi connectivity index (χ3n) is 3.73. The Morgan fingerprint density at radius 1 is 1.04 bits per heavy atom. The van der Waals surface area contributed by atoms with Crippen LogP contribution in [0.15, 0.2) is 42.5 Å². The zero-order valence-corrected chi connectivity index (χ0v) is 15.8. The Morgan fingerprint density at radius 2 is 1.81 bits per heavy atom. The van der Waals surface area contributed by atoms with Crippen LogP contribution in [0.1, 0.15) is 24.5 Å². The molecule has 3 rings (SSSR count). The van der Waals surface area contributed by atoms with Gasteiger partial charge in [-0.05, 0) is 52.2 Å². The van der Waals surface area contributed by atoms with Crippen molar-refractivity contribution in [1.82, 2.24) is 20.2 Å². The third-order valence-corrected chi connectivity index (χ3v) is 4.47. The molecule has 0 radical (unpaired) electrons. The molecule has 0 saturated heterocycles. The second kappa shape index (κ2) is 8.87. The molecule has 0 unspecified atom stereocenters. The van der Waals surface area contributed by atoms with Gasteiger partial charge in [0.05, 0.1) is 10.0 Å². The minimum atomic E-state index is 0.431. The van der Waals surface area contributed by atoms with E-state index in [0.717, 1.165) is 29.8 Å². The molecule has 26 heavy (non-hydrogen) atoms. The average Bonchev–Trinajstić information content (AvgIpc) is 3.09. The average molecular weight is 392 g/mol. The zero-order valence-electron chi connectivity index (χ0n) is 14.3. The molecule has 0 aliphatic carbocycles. The largest absolute Gasteiger partial charge is 0.489 e. The standard InChI is InChI=1S/C18H19Cl2N5O/c1-2-9-25-18(22-23-24-25)21-11-13-3-6-15(7-4-13)26-12-14-5-8-16(19)17(20)10-14/h3-8,10H,2,9,11-12H2,1H3,(H,21,22,24). The van der Waals surface area contributed by atoms with E-state index in [0.29, 0.717) is 29.1 Å². The highest BCUT2D eigenvalue weighted by molar-refractivity contribution is 6.42. The van der Waals surface area contributed by atoms with Crippen molar-refractivity contribution < 1.29 is 4.74 Å². The predicted molar refractivity (Wildman–Crippen MR) is 103 cm³/mol. The lowest BCUT2D eigenvalue weighted by molar-refractivity contribution is 0.306. The molecule has 0 spiro atoms. The van der Waals surface area contributed by atoms with Crippen molar-refractivity contribution in [2.24, 2.45) is 0 Å². The summed E-state index contributed by atoms with van der Waals surface area (Å²) in [6.07, 6.45) is 0.977. The summed E-state index contributed by atoms with van der Waals surface area (Å²) in [5.74, 6) is 1.46. The Labute approximate surface area is 162 Å². The van der Waals surface area contributed by atoms with E-state index in [4.69, 9.17) is 27.9 Å². The molecule has 8 heteroatoms. The van der Waals surface area contributed by atoms with E-state index in [2.05, 4.69) is 27.8 Å². The van der Waals surface area contributed by atoms with Gasteiger partial charge in [-0.2, -0.15) is 0 Å². The molecular formula is C18H19Cl2N5O. The quantitative estimate of drug-likeness (QED) is 0.608. The maximum Gasteiger partial charge on any atom is 0.243 e. The molecule has 0 aliphatic rings. The fourth-order valence-electron chi connectivity index (χ4n) is 2.37. The summed E-state index contributed by atoms with van der Waals surface area (Å²) >= 11 is 11.9. The highest BCUT2D eigenvalue weighted by Gasteiger charge is 2.05. The zero-order chi connectivity index (χ0) is 18.4. The molecule has 1 N–H and O–H groups in total. The van der Waals surface area contributed by atoms with Crippen LogP contribution in [0.4, 0.5) is 5.95 Å². The molecule has 0 bridgehead atoms. The minimum absolute atomic E-state index is 0.431. The van der Waals surface area contributed by atoms with E-state index < -0.39 is 0 Å². The lowest BCUT2D eigenvalue weighted by Crippen LogP contribution is -2.08. The van der Waals surface area contributed by atoms with Crippen LogP contribution in [0.3, 0.4) is 0 Å². The summed E-state index contributed by atoms with van der Waals surface area (Å²) in [5.41, 5.74) is 2.07. The van der Waals surface area contributed by atoms with Gasteiger partial charge < -0.3 is 10.1 Å². The number of hydrogen-bond acceptors (Lipinski definition) is 5.